The van der Waals surface area contributed by atoms with Crippen LogP contribution in [0.2, 0.25) is 0 Å². The van der Waals surface area contributed by atoms with Gasteiger partial charge in [-0.2, -0.15) is 4.31 Å². The zero-order valence-electron chi connectivity index (χ0n) is 14.1. The molecule has 1 aromatic rings. The van der Waals surface area contributed by atoms with Crippen molar-refractivity contribution in [1.29, 1.82) is 0 Å². The maximum Gasteiger partial charge on any atom is 0.243 e. The number of sulfonamides is 1. The molecule has 1 fully saturated rings. The molecular weight excluding hydrogens is 324 g/mol. The second-order valence-electron chi connectivity index (χ2n) is 7.15. The molecule has 1 saturated heterocycles. The fourth-order valence-electron chi connectivity index (χ4n) is 4.25. The molecule has 1 aromatic carbocycles. The highest BCUT2D eigenvalue weighted by molar-refractivity contribution is 7.89. The van der Waals surface area contributed by atoms with E-state index in [0.717, 1.165) is 61.9 Å². The molecule has 0 saturated carbocycles. The topological polar surface area (TPSA) is 57.7 Å². The van der Waals surface area contributed by atoms with Crippen molar-refractivity contribution in [2.45, 2.75) is 56.3 Å². The van der Waals surface area contributed by atoms with Crippen LogP contribution in [-0.4, -0.2) is 38.3 Å². The van der Waals surface area contributed by atoms with Crippen molar-refractivity contribution < 1.29 is 13.2 Å². The summed E-state index contributed by atoms with van der Waals surface area (Å²) >= 11 is 0. The Morgan fingerprint density at radius 3 is 2.42 bits per heavy atom. The third kappa shape index (κ3) is 2.39. The number of carbonyl (C=O) groups is 1. The van der Waals surface area contributed by atoms with Crippen molar-refractivity contribution in [1.82, 2.24) is 4.31 Å². The van der Waals surface area contributed by atoms with Gasteiger partial charge < -0.3 is 4.90 Å². The molecule has 0 unspecified atom stereocenters. The molecular formula is C18H24N2O3S. The van der Waals surface area contributed by atoms with Crippen LogP contribution >= 0.6 is 0 Å². The molecule has 0 aromatic heterocycles. The van der Waals surface area contributed by atoms with E-state index < -0.39 is 10.0 Å². The van der Waals surface area contributed by atoms with Crippen LogP contribution in [0.4, 0.5) is 5.69 Å². The third-order valence-electron chi connectivity index (χ3n) is 5.60. The Morgan fingerprint density at radius 1 is 1.00 bits per heavy atom. The summed E-state index contributed by atoms with van der Waals surface area (Å²) in [5.41, 5.74) is 2.89. The van der Waals surface area contributed by atoms with Crippen LogP contribution in [0.5, 0.6) is 0 Å². The quantitative estimate of drug-likeness (QED) is 0.825. The van der Waals surface area contributed by atoms with E-state index in [0.29, 0.717) is 18.0 Å². The molecule has 0 aliphatic carbocycles. The Morgan fingerprint density at radius 2 is 1.71 bits per heavy atom. The SMILES string of the molecule is C[C@@H]1C(=O)N2CCCc3cc(S(=O)(=O)N4CCCCCC4)cc1c32. The van der Waals surface area contributed by atoms with E-state index in [2.05, 4.69) is 0 Å². The van der Waals surface area contributed by atoms with Crippen LogP contribution in [-0.2, 0) is 21.2 Å². The predicted molar refractivity (Wildman–Crippen MR) is 92.8 cm³/mol. The zero-order valence-corrected chi connectivity index (χ0v) is 14.9. The monoisotopic (exact) mass is 348 g/mol. The molecule has 0 spiro atoms. The molecule has 4 rings (SSSR count). The standard InChI is InChI=1S/C18H24N2O3S/c1-13-16-12-15(24(22,23)19-8-4-2-3-5-9-19)11-14-7-6-10-20(17(14)16)18(13)21/h11-13H,2-10H2,1H3/t13-/m0/s1. The van der Waals surface area contributed by atoms with Gasteiger partial charge in [-0.05, 0) is 55.9 Å². The molecule has 0 radical (unpaired) electrons. The summed E-state index contributed by atoms with van der Waals surface area (Å²) in [7, 11) is -3.47. The molecule has 0 bridgehead atoms. The first-order chi connectivity index (χ1) is 11.5. The number of anilines is 1. The molecule has 5 nitrogen and oxygen atoms in total. The van der Waals surface area contributed by atoms with E-state index in [1.165, 1.54) is 0 Å². The number of hydrogen-bond acceptors (Lipinski definition) is 3. The van der Waals surface area contributed by atoms with Gasteiger partial charge in [-0.25, -0.2) is 8.42 Å². The van der Waals surface area contributed by atoms with Gasteiger partial charge in [0, 0.05) is 19.6 Å². The van der Waals surface area contributed by atoms with Gasteiger partial charge in [-0.1, -0.05) is 12.8 Å². The van der Waals surface area contributed by atoms with E-state index in [1.54, 1.807) is 10.4 Å². The minimum absolute atomic E-state index is 0.107. The lowest BCUT2D eigenvalue weighted by Crippen LogP contribution is -2.33. The van der Waals surface area contributed by atoms with Gasteiger partial charge in [0.05, 0.1) is 16.5 Å². The first-order valence-corrected chi connectivity index (χ1v) is 10.4. The predicted octanol–water partition coefficient (Wildman–Crippen LogP) is 2.65. The minimum Gasteiger partial charge on any atom is -0.311 e. The van der Waals surface area contributed by atoms with Crippen LogP contribution in [0.15, 0.2) is 17.0 Å². The lowest BCUT2D eigenvalue weighted by molar-refractivity contribution is -0.119. The number of hydrogen-bond donors (Lipinski definition) is 0. The molecule has 0 N–H and O–H groups in total. The zero-order chi connectivity index (χ0) is 16.9. The van der Waals surface area contributed by atoms with Crippen LogP contribution in [0, 0.1) is 0 Å². The first-order valence-electron chi connectivity index (χ1n) is 8.98. The van der Waals surface area contributed by atoms with E-state index in [1.807, 2.05) is 17.9 Å². The molecule has 3 aliphatic rings. The van der Waals surface area contributed by atoms with Gasteiger partial charge in [0.15, 0.2) is 0 Å². The van der Waals surface area contributed by atoms with Crippen LogP contribution in [0.25, 0.3) is 0 Å². The number of carbonyl (C=O) groups excluding carboxylic acids is 1. The maximum absolute atomic E-state index is 13.1. The molecule has 130 valence electrons. The summed E-state index contributed by atoms with van der Waals surface area (Å²) in [6.07, 6.45) is 5.81. The van der Waals surface area contributed by atoms with Crippen molar-refractivity contribution in [3.63, 3.8) is 0 Å². The first kappa shape index (κ1) is 16.1. The second kappa shape index (κ2) is 5.85. The summed E-state index contributed by atoms with van der Waals surface area (Å²) in [6.45, 7) is 3.85. The minimum atomic E-state index is -3.47. The summed E-state index contributed by atoms with van der Waals surface area (Å²) in [6, 6.07) is 3.57. The summed E-state index contributed by atoms with van der Waals surface area (Å²) in [5, 5.41) is 0. The Hall–Kier alpha value is -1.40. The largest absolute Gasteiger partial charge is 0.311 e. The maximum atomic E-state index is 13.1. The number of amides is 1. The fraction of sp³-hybridized carbons (Fsp3) is 0.611. The Balaban J connectivity index is 1.79. The van der Waals surface area contributed by atoms with Crippen molar-refractivity contribution in [3.05, 3.63) is 23.3 Å². The molecule has 3 aliphatic heterocycles. The number of aryl methyl sites for hydroxylation is 1. The molecule has 6 heteroatoms. The van der Waals surface area contributed by atoms with Gasteiger partial charge in [0.1, 0.15) is 0 Å². The highest BCUT2D eigenvalue weighted by Gasteiger charge is 2.39. The van der Waals surface area contributed by atoms with Gasteiger partial charge in [0.25, 0.3) is 0 Å². The fourth-order valence-corrected chi connectivity index (χ4v) is 5.85. The summed E-state index contributed by atoms with van der Waals surface area (Å²) < 4.78 is 27.9. The normalized spacial score (nSPS) is 24.8. The van der Waals surface area contributed by atoms with Gasteiger partial charge in [-0.3, -0.25) is 4.79 Å². The molecule has 1 amide bonds. The van der Waals surface area contributed by atoms with E-state index in [9.17, 15) is 13.2 Å². The van der Waals surface area contributed by atoms with Crippen molar-refractivity contribution in [2.24, 2.45) is 0 Å². The van der Waals surface area contributed by atoms with Crippen LogP contribution in [0.3, 0.4) is 0 Å². The van der Waals surface area contributed by atoms with Crippen molar-refractivity contribution in [2.75, 3.05) is 24.5 Å². The molecule has 1 atom stereocenters. The van der Waals surface area contributed by atoms with E-state index in [4.69, 9.17) is 0 Å². The summed E-state index contributed by atoms with van der Waals surface area (Å²) in [5.74, 6) is -0.133. The molecule has 24 heavy (non-hydrogen) atoms. The van der Waals surface area contributed by atoms with Gasteiger partial charge >= 0.3 is 0 Å². The highest BCUT2D eigenvalue weighted by atomic mass is 32.2. The van der Waals surface area contributed by atoms with Gasteiger partial charge in [-0.15, -0.1) is 0 Å². The van der Waals surface area contributed by atoms with E-state index in [-0.39, 0.29) is 11.8 Å². The van der Waals surface area contributed by atoms with Crippen LogP contribution < -0.4 is 4.90 Å². The average molecular weight is 348 g/mol. The van der Waals surface area contributed by atoms with Gasteiger partial charge in [0.2, 0.25) is 15.9 Å². The number of rotatable bonds is 2. The third-order valence-corrected chi connectivity index (χ3v) is 7.47. The van der Waals surface area contributed by atoms with Crippen molar-refractivity contribution >= 4 is 21.6 Å². The van der Waals surface area contributed by atoms with Crippen LogP contribution in [0.1, 0.15) is 56.1 Å². The molecule has 3 heterocycles. The highest BCUT2D eigenvalue weighted by Crippen LogP contribution is 2.44. The lowest BCUT2D eigenvalue weighted by atomic mass is 9.97. The van der Waals surface area contributed by atoms with E-state index >= 15 is 0 Å². The smallest absolute Gasteiger partial charge is 0.243 e. The Bertz CT molecular complexity index is 780. The Kier molecular flexibility index (Phi) is 3.92. The lowest BCUT2D eigenvalue weighted by Gasteiger charge is -2.27. The number of nitrogens with zero attached hydrogens (tertiary/aromatic N) is 2. The number of benzene rings is 1. The average Bonchev–Trinajstić information content (AvgIpc) is 2.80. The second-order valence-corrected chi connectivity index (χ2v) is 9.09. The summed E-state index contributed by atoms with van der Waals surface area (Å²) in [4.78, 5) is 14.7. The van der Waals surface area contributed by atoms with Crippen molar-refractivity contribution in [3.8, 4) is 0 Å². The Labute approximate surface area is 143 Å².